The summed E-state index contributed by atoms with van der Waals surface area (Å²) in [5, 5.41) is 12.1. The van der Waals surface area contributed by atoms with Gasteiger partial charge in [0.05, 0.1) is 19.6 Å². The second-order valence-corrected chi connectivity index (χ2v) is 9.19. The summed E-state index contributed by atoms with van der Waals surface area (Å²) < 4.78 is 16.2. The molecule has 0 spiro atoms. The Bertz CT molecular complexity index is 1190. The molecule has 0 saturated carbocycles. The molecule has 0 radical (unpaired) electrons. The quantitative estimate of drug-likeness (QED) is 0.337. The molecule has 2 N–H and O–H groups in total. The van der Waals surface area contributed by atoms with E-state index in [2.05, 4.69) is 5.32 Å². The molecular formula is C30H33NO6. The number of amides is 1. The van der Waals surface area contributed by atoms with Gasteiger partial charge in [-0.15, -0.1) is 0 Å². The summed E-state index contributed by atoms with van der Waals surface area (Å²) in [4.78, 5) is 25.7. The van der Waals surface area contributed by atoms with E-state index >= 15 is 0 Å². The minimum absolute atomic E-state index is 0.0260. The van der Waals surface area contributed by atoms with Crippen molar-refractivity contribution in [3.05, 3.63) is 89.0 Å². The van der Waals surface area contributed by atoms with Crippen molar-refractivity contribution in [2.45, 2.75) is 37.0 Å². The van der Waals surface area contributed by atoms with Crippen molar-refractivity contribution in [1.82, 2.24) is 5.32 Å². The molecule has 0 fully saturated rings. The molecule has 0 saturated heterocycles. The van der Waals surface area contributed by atoms with Crippen molar-refractivity contribution in [3.8, 4) is 17.2 Å². The van der Waals surface area contributed by atoms with Crippen LogP contribution in [0.3, 0.4) is 0 Å². The first-order valence-electron chi connectivity index (χ1n) is 12.4. The zero-order chi connectivity index (χ0) is 26.4. The number of carbonyl (C=O) groups is 2. The molecule has 37 heavy (non-hydrogen) atoms. The number of hydrogen-bond donors (Lipinski definition) is 2. The van der Waals surface area contributed by atoms with Crippen LogP contribution in [-0.4, -0.2) is 44.9 Å². The van der Waals surface area contributed by atoms with Crippen LogP contribution in [-0.2, 0) is 21.4 Å². The van der Waals surface area contributed by atoms with Crippen molar-refractivity contribution in [1.29, 1.82) is 0 Å². The molecule has 0 heterocycles. The second-order valence-electron chi connectivity index (χ2n) is 9.19. The zero-order valence-corrected chi connectivity index (χ0v) is 21.5. The van der Waals surface area contributed by atoms with Gasteiger partial charge in [-0.3, -0.25) is 4.79 Å². The van der Waals surface area contributed by atoms with Crippen LogP contribution in [0.25, 0.3) is 0 Å². The maximum absolute atomic E-state index is 13.9. The minimum atomic E-state index is -0.996. The van der Waals surface area contributed by atoms with Crippen molar-refractivity contribution < 1.29 is 28.9 Å². The molecule has 0 bridgehead atoms. The van der Waals surface area contributed by atoms with Gasteiger partial charge in [-0.1, -0.05) is 36.4 Å². The van der Waals surface area contributed by atoms with E-state index in [1.807, 2.05) is 60.7 Å². The Kier molecular flexibility index (Phi) is 8.14. The molecule has 1 aliphatic rings. The first kappa shape index (κ1) is 26.2. The largest absolute Gasteiger partial charge is 0.497 e. The molecule has 1 atom stereocenters. The second kappa shape index (κ2) is 11.5. The molecule has 1 amide bonds. The van der Waals surface area contributed by atoms with Gasteiger partial charge in [0.2, 0.25) is 5.91 Å². The summed E-state index contributed by atoms with van der Waals surface area (Å²) in [6.45, 7) is -0.679. The van der Waals surface area contributed by atoms with Crippen molar-refractivity contribution in [3.63, 3.8) is 0 Å². The van der Waals surface area contributed by atoms with E-state index in [-0.39, 0.29) is 11.8 Å². The number of ether oxygens (including phenoxy) is 3. The van der Waals surface area contributed by atoms with Crippen molar-refractivity contribution in [2.75, 3.05) is 27.9 Å². The smallest absolute Gasteiger partial charge is 0.337 e. The number of benzene rings is 3. The Morgan fingerprint density at radius 3 is 2.05 bits per heavy atom. The number of fused-ring (bicyclic) bond motifs is 1. The molecule has 1 unspecified atom stereocenters. The lowest BCUT2D eigenvalue weighted by Gasteiger charge is -2.38. The topological polar surface area (TPSA) is 94.1 Å². The zero-order valence-electron chi connectivity index (χ0n) is 21.5. The van der Waals surface area contributed by atoms with E-state index in [0.29, 0.717) is 23.7 Å². The summed E-state index contributed by atoms with van der Waals surface area (Å²) in [6, 6.07) is 20.9. The van der Waals surface area contributed by atoms with Crippen LogP contribution in [0.15, 0.2) is 66.7 Å². The van der Waals surface area contributed by atoms with E-state index in [0.717, 1.165) is 41.5 Å². The minimum Gasteiger partial charge on any atom is -0.497 e. The van der Waals surface area contributed by atoms with Gasteiger partial charge in [0.15, 0.2) is 0 Å². The lowest BCUT2D eigenvalue weighted by molar-refractivity contribution is -0.137. The Hall–Kier alpha value is -3.84. The van der Waals surface area contributed by atoms with E-state index < -0.39 is 18.0 Å². The number of esters is 1. The van der Waals surface area contributed by atoms with Crippen molar-refractivity contribution >= 4 is 11.9 Å². The summed E-state index contributed by atoms with van der Waals surface area (Å²) in [6.07, 6.45) is 3.05. The molecular weight excluding hydrogens is 470 g/mol. The Labute approximate surface area is 217 Å². The SMILES string of the molecule is CNC(=O)C(CC1CCCc2c(OC(=O)CO)cccc21)(c1ccc(OC)cc1)c1ccc(OC)cc1. The molecule has 7 heteroatoms. The van der Waals surface area contributed by atoms with E-state index in [9.17, 15) is 14.7 Å². The van der Waals surface area contributed by atoms with Gasteiger partial charge in [-0.05, 0) is 84.2 Å². The summed E-state index contributed by atoms with van der Waals surface area (Å²) >= 11 is 0. The van der Waals surface area contributed by atoms with Gasteiger partial charge in [-0.2, -0.15) is 0 Å². The van der Waals surface area contributed by atoms with Crippen LogP contribution in [0.1, 0.15) is 47.4 Å². The summed E-state index contributed by atoms with van der Waals surface area (Å²) in [5.41, 5.74) is 2.73. The van der Waals surface area contributed by atoms with Crippen LogP contribution < -0.4 is 19.5 Å². The average Bonchev–Trinajstić information content (AvgIpc) is 2.96. The van der Waals surface area contributed by atoms with Crippen LogP contribution in [0.5, 0.6) is 17.2 Å². The van der Waals surface area contributed by atoms with Crippen LogP contribution in [0.4, 0.5) is 0 Å². The van der Waals surface area contributed by atoms with Gasteiger partial charge >= 0.3 is 5.97 Å². The molecule has 7 nitrogen and oxygen atoms in total. The number of likely N-dealkylation sites (N-methyl/N-ethyl adjacent to an activating group) is 1. The number of aliphatic hydroxyl groups is 1. The number of rotatable bonds is 9. The maximum atomic E-state index is 13.9. The highest BCUT2D eigenvalue weighted by Crippen LogP contribution is 2.47. The summed E-state index contributed by atoms with van der Waals surface area (Å²) in [7, 11) is 4.89. The number of nitrogens with one attached hydrogen (secondary N) is 1. The molecule has 3 aromatic rings. The van der Waals surface area contributed by atoms with Crippen LogP contribution in [0, 0.1) is 0 Å². The van der Waals surface area contributed by atoms with E-state index in [4.69, 9.17) is 14.2 Å². The third-order valence-electron chi connectivity index (χ3n) is 7.27. The first-order chi connectivity index (χ1) is 18.0. The average molecular weight is 504 g/mol. The van der Waals surface area contributed by atoms with Gasteiger partial charge in [0.25, 0.3) is 0 Å². The standard InChI is InChI=1S/C30H33NO6/c1-31-29(34)30(21-10-14-23(35-2)15-11-21,22-12-16-24(36-3)17-13-22)18-20-6-4-8-26-25(20)7-5-9-27(26)37-28(33)19-32/h5,7,9-17,20,32H,4,6,8,18-19H2,1-3H3,(H,31,34). The highest BCUT2D eigenvalue weighted by molar-refractivity contribution is 5.92. The van der Waals surface area contributed by atoms with E-state index in [1.54, 1.807) is 27.3 Å². The van der Waals surface area contributed by atoms with Crippen LogP contribution >= 0.6 is 0 Å². The van der Waals surface area contributed by atoms with Crippen LogP contribution in [0.2, 0.25) is 0 Å². The van der Waals surface area contributed by atoms with Crippen molar-refractivity contribution in [2.24, 2.45) is 0 Å². The predicted molar refractivity (Wildman–Crippen MR) is 140 cm³/mol. The fraction of sp³-hybridized carbons (Fsp3) is 0.333. The number of methoxy groups -OCH3 is 2. The molecule has 4 rings (SSSR count). The first-order valence-corrected chi connectivity index (χ1v) is 12.4. The van der Waals surface area contributed by atoms with Gasteiger partial charge in [0, 0.05) is 7.05 Å². The third kappa shape index (κ3) is 5.18. The fourth-order valence-electron chi connectivity index (χ4n) is 5.47. The van der Waals surface area contributed by atoms with Gasteiger partial charge in [0.1, 0.15) is 23.9 Å². The Morgan fingerprint density at radius 2 is 1.54 bits per heavy atom. The van der Waals surface area contributed by atoms with Gasteiger partial charge < -0.3 is 24.6 Å². The highest BCUT2D eigenvalue weighted by atomic mass is 16.5. The Balaban J connectivity index is 1.86. The molecule has 1 aliphatic carbocycles. The third-order valence-corrected chi connectivity index (χ3v) is 7.27. The summed E-state index contributed by atoms with van der Waals surface area (Å²) in [5.74, 6) is 1.12. The Morgan fingerprint density at radius 1 is 0.946 bits per heavy atom. The van der Waals surface area contributed by atoms with Gasteiger partial charge in [-0.25, -0.2) is 4.79 Å². The fourth-order valence-corrected chi connectivity index (χ4v) is 5.47. The normalized spacial score (nSPS) is 14.9. The molecule has 194 valence electrons. The molecule has 3 aromatic carbocycles. The predicted octanol–water partition coefficient (Wildman–Crippen LogP) is 4.14. The lowest BCUT2D eigenvalue weighted by atomic mass is 9.65. The molecule has 0 aliphatic heterocycles. The monoisotopic (exact) mass is 503 g/mol. The number of carbonyl (C=O) groups excluding carboxylic acids is 2. The highest BCUT2D eigenvalue weighted by Gasteiger charge is 2.44. The number of hydrogen-bond acceptors (Lipinski definition) is 6. The number of aliphatic hydroxyl groups excluding tert-OH is 1. The van der Waals surface area contributed by atoms with E-state index in [1.165, 1.54) is 0 Å². The maximum Gasteiger partial charge on any atom is 0.337 e. The molecule has 0 aromatic heterocycles. The lowest BCUT2D eigenvalue weighted by Crippen LogP contribution is -2.45.